The van der Waals surface area contributed by atoms with Crippen LogP contribution in [0.3, 0.4) is 0 Å². The van der Waals surface area contributed by atoms with E-state index in [4.69, 9.17) is 21.1 Å². The van der Waals surface area contributed by atoms with Crippen LogP contribution in [0.25, 0.3) is 6.08 Å². The Morgan fingerprint density at radius 1 is 1.06 bits per heavy atom. The zero-order valence-electron chi connectivity index (χ0n) is 17.9. The Balaban J connectivity index is 1.52. The summed E-state index contributed by atoms with van der Waals surface area (Å²) in [6.45, 7) is 0.422. The smallest absolute Gasteiger partial charge is 0.293 e. The highest BCUT2D eigenvalue weighted by Crippen LogP contribution is 2.38. The topological polar surface area (TPSA) is 55.8 Å². The van der Waals surface area contributed by atoms with E-state index < -0.39 is 0 Å². The van der Waals surface area contributed by atoms with Crippen molar-refractivity contribution in [3.63, 3.8) is 0 Å². The molecule has 0 spiro atoms. The molecule has 0 saturated carbocycles. The van der Waals surface area contributed by atoms with Crippen LogP contribution in [0, 0.1) is 9.39 Å². The van der Waals surface area contributed by atoms with Gasteiger partial charge in [0, 0.05) is 5.02 Å². The molecular formula is C25H18ClFINO4S. The van der Waals surface area contributed by atoms with Gasteiger partial charge in [0.25, 0.3) is 11.1 Å². The Labute approximate surface area is 219 Å². The second-order valence-corrected chi connectivity index (χ2v) is 9.94. The lowest BCUT2D eigenvalue weighted by atomic mass is 10.1. The standard InChI is InChI=1S/C25H18ClFINO4S/c1-32-21-11-17(10-20(28)23(21)33-14-16-4-8-19(27)9-5-16)12-22-24(30)29(25(31)34-22)13-15-2-6-18(26)7-3-15/h2-12H,13-14H2,1H3/b22-12-. The predicted molar refractivity (Wildman–Crippen MR) is 139 cm³/mol. The third kappa shape index (κ3) is 5.73. The lowest BCUT2D eigenvalue weighted by Gasteiger charge is -2.14. The third-order valence-electron chi connectivity index (χ3n) is 4.97. The highest BCUT2D eigenvalue weighted by atomic mass is 127. The summed E-state index contributed by atoms with van der Waals surface area (Å²) >= 11 is 8.94. The molecule has 1 aliphatic rings. The van der Waals surface area contributed by atoms with Gasteiger partial charge in [-0.05, 0) is 93.5 Å². The van der Waals surface area contributed by atoms with Gasteiger partial charge in [-0.1, -0.05) is 35.9 Å². The number of benzene rings is 3. The number of carbonyl (C=O) groups is 2. The van der Waals surface area contributed by atoms with Crippen LogP contribution in [0.15, 0.2) is 65.6 Å². The number of ether oxygens (including phenoxy) is 2. The number of hydrogen-bond donors (Lipinski definition) is 0. The number of imide groups is 1. The number of carbonyl (C=O) groups excluding carboxylic acids is 2. The molecule has 5 nitrogen and oxygen atoms in total. The molecule has 174 valence electrons. The van der Waals surface area contributed by atoms with Crippen molar-refractivity contribution in [1.82, 2.24) is 4.90 Å². The number of halogens is 3. The second-order valence-electron chi connectivity index (χ2n) is 7.34. The van der Waals surface area contributed by atoms with Crippen LogP contribution in [0.4, 0.5) is 9.18 Å². The molecule has 1 heterocycles. The van der Waals surface area contributed by atoms with Crippen molar-refractivity contribution >= 4 is 63.2 Å². The highest BCUT2D eigenvalue weighted by Gasteiger charge is 2.35. The Morgan fingerprint density at radius 3 is 2.41 bits per heavy atom. The largest absolute Gasteiger partial charge is 0.493 e. The van der Waals surface area contributed by atoms with Crippen LogP contribution in [0.2, 0.25) is 5.02 Å². The lowest BCUT2D eigenvalue weighted by Crippen LogP contribution is -2.27. The summed E-state index contributed by atoms with van der Waals surface area (Å²) < 4.78 is 25.3. The van der Waals surface area contributed by atoms with Crippen molar-refractivity contribution in [3.05, 3.63) is 96.7 Å². The van der Waals surface area contributed by atoms with Crippen molar-refractivity contribution in [2.24, 2.45) is 0 Å². The first-order valence-corrected chi connectivity index (χ1v) is 12.4. The normalized spacial score (nSPS) is 14.7. The molecule has 0 unspecified atom stereocenters. The van der Waals surface area contributed by atoms with Crippen molar-refractivity contribution in [2.75, 3.05) is 7.11 Å². The van der Waals surface area contributed by atoms with E-state index in [1.807, 2.05) is 6.07 Å². The van der Waals surface area contributed by atoms with Gasteiger partial charge in [0.15, 0.2) is 11.5 Å². The molecule has 0 radical (unpaired) electrons. The Hall–Kier alpha value is -2.56. The minimum atomic E-state index is -0.351. The van der Waals surface area contributed by atoms with Crippen molar-refractivity contribution in [2.45, 2.75) is 13.2 Å². The summed E-state index contributed by atoms with van der Waals surface area (Å²) in [6, 6.07) is 16.7. The summed E-state index contributed by atoms with van der Waals surface area (Å²) in [4.78, 5) is 26.9. The van der Waals surface area contributed by atoms with Crippen LogP contribution in [-0.2, 0) is 17.9 Å². The maximum absolute atomic E-state index is 13.1. The fraction of sp³-hybridized carbons (Fsp3) is 0.120. The summed E-state index contributed by atoms with van der Waals surface area (Å²) in [7, 11) is 1.53. The monoisotopic (exact) mass is 609 g/mol. The fourth-order valence-corrected chi connectivity index (χ4v) is 5.00. The molecule has 1 aliphatic heterocycles. The number of nitrogens with zero attached hydrogens (tertiary/aromatic N) is 1. The van der Waals surface area contributed by atoms with Gasteiger partial charge < -0.3 is 9.47 Å². The van der Waals surface area contributed by atoms with Crippen LogP contribution in [0.5, 0.6) is 11.5 Å². The summed E-state index contributed by atoms with van der Waals surface area (Å²) in [5.41, 5.74) is 2.33. The molecule has 0 atom stereocenters. The average Bonchev–Trinajstić information content (AvgIpc) is 3.07. The van der Waals surface area contributed by atoms with Crippen molar-refractivity contribution in [1.29, 1.82) is 0 Å². The zero-order chi connectivity index (χ0) is 24.2. The molecule has 0 aliphatic carbocycles. The molecule has 0 bridgehead atoms. The summed E-state index contributed by atoms with van der Waals surface area (Å²) in [5.74, 6) is 0.370. The van der Waals surface area contributed by atoms with E-state index in [-0.39, 0.29) is 30.1 Å². The minimum absolute atomic E-state index is 0.177. The average molecular weight is 610 g/mol. The quantitative estimate of drug-likeness (QED) is 0.215. The van der Waals surface area contributed by atoms with Gasteiger partial charge in [-0.25, -0.2) is 4.39 Å². The SMILES string of the molecule is COc1cc(/C=C2\SC(=O)N(Cc3ccc(Cl)cc3)C2=O)cc(I)c1OCc1ccc(F)cc1. The Kier molecular flexibility index (Phi) is 7.80. The van der Waals surface area contributed by atoms with Crippen molar-refractivity contribution in [3.8, 4) is 11.5 Å². The van der Waals surface area contributed by atoms with Gasteiger partial charge in [0.05, 0.1) is 22.1 Å². The van der Waals surface area contributed by atoms with Gasteiger partial charge >= 0.3 is 0 Å². The maximum atomic E-state index is 13.1. The molecule has 1 fully saturated rings. The zero-order valence-corrected chi connectivity index (χ0v) is 21.6. The molecule has 1 saturated heterocycles. The molecule has 4 rings (SSSR count). The maximum Gasteiger partial charge on any atom is 0.293 e. The van der Waals surface area contributed by atoms with E-state index in [9.17, 15) is 14.0 Å². The molecule has 3 aromatic carbocycles. The molecular weight excluding hydrogens is 592 g/mol. The number of rotatable bonds is 7. The number of hydrogen-bond acceptors (Lipinski definition) is 5. The molecule has 34 heavy (non-hydrogen) atoms. The third-order valence-corrected chi connectivity index (χ3v) is 6.93. The lowest BCUT2D eigenvalue weighted by molar-refractivity contribution is -0.123. The van der Waals surface area contributed by atoms with E-state index in [1.54, 1.807) is 48.5 Å². The fourth-order valence-electron chi connectivity index (χ4n) is 3.26. The number of thioether (sulfide) groups is 1. The van der Waals surface area contributed by atoms with Crippen LogP contribution < -0.4 is 9.47 Å². The van der Waals surface area contributed by atoms with Gasteiger partial charge in [-0.2, -0.15) is 0 Å². The first-order chi connectivity index (χ1) is 16.3. The second kappa shape index (κ2) is 10.8. The first-order valence-electron chi connectivity index (χ1n) is 10.1. The van der Waals surface area contributed by atoms with E-state index in [2.05, 4.69) is 22.6 Å². The van der Waals surface area contributed by atoms with Gasteiger partial charge in [0.1, 0.15) is 12.4 Å². The first kappa shape index (κ1) is 24.6. The molecule has 2 amide bonds. The molecule has 0 aromatic heterocycles. The van der Waals surface area contributed by atoms with Crippen LogP contribution >= 0.6 is 46.0 Å². The van der Waals surface area contributed by atoms with Gasteiger partial charge in [0.2, 0.25) is 0 Å². The Bertz CT molecular complexity index is 1270. The van der Waals surface area contributed by atoms with E-state index in [0.29, 0.717) is 27.0 Å². The van der Waals surface area contributed by atoms with E-state index in [1.165, 1.54) is 24.1 Å². The van der Waals surface area contributed by atoms with Crippen LogP contribution in [-0.4, -0.2) is 23.2 Å². The highest BCUT2D eigenvalue weighted by molar-refractivity contribution is 14.1. The van der Waals surface area contributed by atoms with E-state index in [0.717, 1.165) is 26.5 Å². The minimum Gasteiger partial charge on any atom is -0.493 e. The predicted octanol–water partition coefficient (Wildman–Crippen LogP) is 6.91. The molecule has 3 aromatic rings. The summed E-state index contributed by atoms with van der Waals surface area (Å²) in [6.07, 6.45) is 1.67. The van der Waals surface area contributed by atoms with E-state index >= 15 is 0 Å². The Morgan fingerprint density at radius 2 is 1.74 bits per heavy atom. The molecule has 9 heteroatoms. The van der Waals surface area contributed by atoms with Gasteiger partial charge in [-0.3, -0.25) is 14.5 Å². The number of amides is 2. The van der Waals surface area contributed by atoms with Crippen LogP contribution in [0.1, 0.15) is 16.7 Å². The van der Waals surface area contributed by atoms with Crippen molar-refractivity contribution < 1.29 is 23.5 Å². The molecule has 0 N–H and O–H groups in total. The summed E-state index contributed by atoms with van der Waals surface area (Å²) in [5, 5.41) is 0.263. The number of methoxy groups -OCH3 is 1. The van der Waals surface area contributed by atoms with Gasteiger partial charge in [-0.15, -0.1) is 0 Å².